The van der Waals surface area contributed by atoms with E-state index in [1.165, 1.54) is 0 Å². The van der Waals surface area contributed by atoms with Gasteiger partial charge in [-0.05, 0) is 43.2 Å². The van der Waals surface area contributed by atoms with Crippen molar-refractivity contribution in [2.75, 3.05) is 13.2 Å². The Labute approximate surface area is 139 Å². The second-order valence-corrected chi connectivity index (χ2v) is 5.90. The van der Waals surface area contributed by atoms with Crippen molar-refractivity contribution in [3.05, 3.63) is 57.6 Å². The Morgan fingerprint density at radius 3 is 2.78 bits per heavy atom. The van der Waals surface area contributed by atoms with Gasteiger partial charge in [0.1, 0.15) is 19.8 Å². The molecule has 2 aromatic carbocycles. The summed E-state index contributed by atoms with van der Waals surface area (Å²) >= 11 is 6.18. The van der Waals surface area contributed by atoms with Crippen molar-refractivity contribution in [1.82, 2.24) is 0 Å². The van der Waals surface area contributed by atoms with Crippen LogP contribution in [-0.4, -0.2) is 19.2 Å². The number of benzene rings is 2. The molecule has 23 heavy (non-hydrogen) atoms. The Kier molecular flexibility index (Phi) is 4.44. The van der Waals surface area contributed by atoms with Gasteiger partial charge in [-0.3, -0.25) is 0 Å². The van der Waals surface area contributed by atoms with Crippen LogP contribution < -0.4 is 9.47 Å². The van der Waals surface area contributed by atoms with Crippen molar-refractivity contribution >= 4 is 17.6 Å². The van der Waals surface area contributed by atoms with Crippen LogP contribution in [0.2, 0.25) is 5.02 Å². The van der Waals surface area contributed by atoms with Gasteiger partial charge in [-0.1, -0.05) is 29.3 Å². The third-order valence-electron chi connectivity index (χ3n) is 3.64. The van der Waals surface area contributed by atoms with Crippen LogP contribution >= 0.6 is 11.6 Å². The van der Waals surface area contributed by atoms with E-state index >= 15 is 0 Å². The molecule has 0 aliphatic carbocycles. The van der Waals surface area contributed by atoms with E-state index in [2.05, 4.69) is 0 Å². The molecular weight excluding hydrogens is 316 g/mol. The molecule has 5 heteroatoms. The minimum Gasteiger partial charge on any atom is -0.486 e. The minimum atomic E-state index is -0.350. The van der Waals surface area contributed by atoms with Gasteiger partial charge in [0.05, 0.1) is 10.6 Å². The molecule has 1 aliphatic heterocycles. The summed E-state index contributed by atoms with van der Waals surface area (Å²) in [6.07, 6.45) is 0. The Balaban J connectivity index is 1.74. The molecule has 1 heterocycles. The molecule has 0 radical (unpaired) electrons. The second-order valence-electron chi connectivity index (χ2n) is 5.50. The summed E-state index contributed by atoms with van der Waals surface area (Å²) in [5.74, 6) is 0.779. The lowest BCUT2D eigenvalue weighted by Crippen LogP contribution is -2.16. The molecule has 2 aromatic rings. The Bertz CT molecular complexity index is 755. The number of hydrogen-bond donors (Lipinski definition) is 0. The summed E-state index contributed by atoms with van der Waals surface area (Å²) in [7, 11) is 0. The summed E-state index contributed by atoms with van der Waals surface area (Å²) in [6.45, 7) is 4.92. The van der Waals surface area contributed by atoms with Crippen LogP contribution in [0.25, 0.3) is 0 Å². The van der Waals surface area contributed by atoms with Crippen LogP contribution in [0.1, 0.15) is 27.0 Å². The quantitative estimate of drug-likeness (QED) is 0.794. The zero-order valence-electron chi connectivity index (χ0n) is 13.0. The van der Waals surface area contributed by atoms with Crippen molar-refractivity contribution in [3.8, 4) is 11.5 Å². The number of carbonyl (C=O) groups excluding carboxylic acids is 1. The van der Waals surface area contributed by atoms with E-state index in [0.717, 1.165) is 16.7 Å². The van der Waals surface area contributed by atoms with Crippen molar-refractivity contribution in [3.63, 3.8) is 0 Å². The largest absolute Gasteiger partial charge is 0.486 e. The number of esters is 1. The van der Waals surface area contributed by atoms with Gasteiger partial charge in [0.2, 0.25) is 0 Å². The van der Waals surface area contributed by atoms with E-state index in [1.54, 1.807) is 12.1 Å². The van der Waals surface area contributed by atoms with Gasteiger partial charge in [0, 0.05) is 0 Å². The predicted octanol–water partition coefficient (Wildman–Crippen LogP) is 4.09. The SMILES string of the molecule is Cc1ccc(C)c(C(=O)OCc2cc(Cl)c3c(c2)OCCO3)c1. The first-order valence-corrected chi connectivity index (χ1v) is 7.75. The molecule has 0 spiro atoms. The maximum absolute atomic E-state index is 12.3. The topological polar surface area (TPSA) is 44.8 Å². The van der Waals surface area contributed by atoms with Crippen molar-refractivity contribution in [2.24, 2.45) is 0 Å². The van der Waals surface area contributed by atoms with Gasteiger partial charge < -0.3 is 14.2 Å². The summed E-state index contributed by atoms with van der Waals surface area (Å²) in [6, 6.07) is 9.22. The minimum absolute atomic E-state index is 0.128. The second kappa shape index (κ2) is 6.50. The van der Waals surface area contributed by atoms with Crippen LogP contribution in [0, 0.1) is 13.8 Å². The number of halogens is 1. The number of fused-ring (bicyclic) bond motifs is 1. The highest BCUT2D eigenvalue weighted by molar-refractivity contribution is 6.32. The summed E-state index contributed by atoms with van der Waals surface area (Å²) < 4.78 is 16.4. The van der Waals surface area contributed by atoms with E-state index in [-0.39, 0.29) is 12.6 Å². The molecule has 0 unspecified atom stereocenters. The van der Waals surface area contributed by atoms with E-state index in [9.17, 15) is 4.79 Å². The smallest absolute Gasteiger partial charge is 0.338 e. The van der Waals surface area contributed by atoms with Gasteiger partial charge >= 0.3 is 5.97 Å². The fourth-order valence-corrected chi connectivity index (χ4v) is 2.72. The standard InChI is InChI=1S/C18H17ClO4/c1-11-3-4-12(2)14(7-11)18(20)23-10-13-8-15(19)17-16(9-13)21-5-6-22-17/h3-4,7-9H,5-6,10H2,1-2H3. The summed E-state index contributed by atoms with van der Waals surface area (Å²) in [5.41, 5.74) is 3.25. The lowest BCUT2D eigenvalue weighted by Gasteiger charge is -2.20. The fraction of sp³-hybridized carbons (Fsp3) is 0.278. The molecule has 0 saturated carbocycles. The lowest BCUT2D eigenvalue weighted by molar-refractivity contribution is 0.0471. The van der Waals surface area contributed by atoms with Crippen LogP contribution in [0.3, 0.4) is 0 Å². The third-order valence-corrected chi connectivity index (χ3v) is 3.92. The first-order valence-electron chi connectivity index (χ1n) is 7.37. The predicted molar refractivity (Wildman–Crippen MR) is 87.5 cm³/mol. The van der Waals surface area contributed by atoms with Crippen molar-refractivity contribution in [2.45, 2.75) is 20.5 Å². The van der Waals surface area contributed by atoms with Crippen molar-refractivity contribution in [1.29, 1.82) is 0 Å². The normalized spacial score (nSPS) is 12.8. The maximum Gasteiger partial charge on any atom is 0.338 e. The lowest BCUT2D eigenvalue weighted by atomic mass is 10.1. The fourth-order valence-electron chi connectivity index (χ4n) is 2.43. The van der Waals surface area contributed by atoms with E-state index in [4.69, 9.17) is 25.8 Å². The Hall–Kier alpha value is -2.20. The van der Waals surface area contributed by atoms with Gasteiger partial charge in [-0.2, -0.15) is 0 Å². The van der Waals surface area contributed by atoms with Gasteiger partial charge in [0.25, 0.3) is 0 Å². The molecule has 1 aliphatic rings. The zero-order chi connectivity index (χ0) is 16.4. The molecule has 0 N–H and O–H groups in total. The van der Waals surface area contributed by atoms with E-state index in [1.807, 2.05) is 32.0 Å². The average molecular weight is 333 g/mol. The molecule has 120 valence electrons. The van der Waals surface area contributed by atoms with Crippen LogP contribution in [-0.2, 0) is 11.3 Å². The first-order chi connectivity index (χ1) is 11.0. The molecule has 0 atom stereocenters. The number of carbonyl (C=O) groups is 1. The van der Waals surface area contributed by atoms with E-state index in [0.29, 0.717) is 35.3 Å². The third kappa shape index (κ3) is 3.42. The van der Waals surface area contributed by atoms with Crippen LogP contribution in [0.4, 0.5) is 0 Å². The summed E-state index contributed by atoms with van der Waals surface area (Å²) in [4.78, 5) is 12.3. The number of rotatable bonds is 3. The van der Waals surface area contributed by atoms with Crippen LogP contribution in [0.5, 0.6) is 11.5 Å². The van der Waals surface area contributed by atoms with E-state index < -0.39 is 0 Å². The Morgan fingerprint density at radius 1 is 1.17 bits per heavy atom. The van der Waals surface area contributed by atoms with Gasteiger partial charge in [0.15, 0.2) is 11.5 Å². The van der Waals surface area contributed by atoms with Crippen molar-refractivity contribution < 1.29 is 19.0 Å². The van der Waals surface area contributed by atoms with Gasteiger partial charge in [-0.15, -0.1) is 0 Å². The molecule has 0 amide bonds. The molecule has 0 aromatic heterocycles. The maximum atomic E-state index is 12.3. The number of aryl methyl sites for hydroxylation is 2. The number of hydrogen-bond acceptors (Lipinski definition) is 4. The Morgan fingerprint density at radius 2 is 1.96 bits per heavy atom. The summed E-state index contributed by atoms with van der Waals surface area (Å²) in [5, 5.41) is 0.458. The molecular formula is C18H17ClO4. The highest BCUT2D eigenvalue weighted by Gasteiger charge is 2.18. The number of ether oxygens (including phenoxy) is 3. The average Bonchev–Trinajstić information content (AvgIpc) is 2.55. The molecule has 0 bridgehead atoms. The monoisotopic (exact) mass is 332 g/mol. The zero-order valence-corrected chi connectivity index (χ0v) is 13.8. The van der Waals surface area contributed by atoms with Gasteiger partial charge in [-0.25, -0.2) is 4.79 Å². The van der Waals surface area contributed by atoms with Crippen LogP contribution in [0.15, 0.2) is 30.3 Å². The highest BCUT2D eigenvalue weighted by Crippen LogP contribution is 2.38. The highest BCUT2D eigenvalue weighted by atomic mass is 35.5. The first kappa shape index (κ1) is 15.7. The molecule has 0 saturated heterocycles. The molecule has 3 rings (SSSR count). The molecule has 0 fully saturated rings. The molecule has 4 nitrogen and oxygen atoms in total.